The second-order valence-electron chi connectivity index (χ2n) is 12.4. The number of rotatable bonds is 10. The van der Waals surface area contributed by atoms with Crippen LogP contribution < -0.4 is 0 Å². The van der Waals surface area contributed by atoms with Gasteiger partial charge in [-0.2, -0.15) is 0 Å². The van der Waals surface area contributed by atoms with Gasteiger partial charge in [-0.3, -0.25) is 20.0 Å². The summed E-state index contributed by atoms with van der Waals surface area (Å²) in [5.74, 6) is 0. The summed E-state index contributed by atoms with van der Waals surface area (Å²) in [6.45, 7) is 4.13. The highest BCUT2D eigenvalue weighted by Gasteiger charge is 2.47. The van der Waals surface area contributed by atoms with Crippen molar-refractivity contribution in [2.75, 3.05) is 56.4 Å². The van der Waals surface area contributed by atoms with Crippen molar-refractivity contribution in [2.45, 2.75) is 19.3 Å². The van der Waals surface area contributed by atoms with Crippen LogP contribution in [-0.2, 0) is 5.41 Å². The fourth-order valence-corrected chi connectivity index (χ4v) is 5.77. The third kappa shape index (κ3) is 6.71. The maximum Gasteiger partial charge on any atom is 0.0903 e. The summed E-state index contributed by atoms with van der Waals surface area (Å²) < 4.78 is 0. The van der Waals surface area contributed by atoms with E-state index in [-0.39, 0.29) is 0 Å². The SMILES string of the molecule is Cc1cc(C2(c3ccc(/N=N/N(C)C)c(C)c3)c3cc(/N=N/N(C)C)ccc3-c3ccc(/N=N/N(C)C)cc32)ccc1/N=N/N(C)C. The van der Waals surface area contributed by atoms with E-state index < -0.39 is 5.41 Å². The van der Waals surface area contributed by atoms with Crippen molar-refractivity contribution in [2.24, 2.45) is 41.4 Å². The number of benzene rings is 4. The highest BCUT2D eigenvalue weighted by atomic mass is 15.5. The Kier molecular flexibility index (Phi) is 9.41. The lowest BCUT2D eigenvalue weighted by atomic mass is 9.67. The summed E-state index contributed by atoms with van der Waals surface area (Å²) in [4.78, 5) is 0. The van der Waals surface area contributed by atoms with Gasteiger partial charge in [0, 0.05) is 56.4 Å². The molecule has 0 radical (unpaired) electrons. The van der Waals surface area contributed by atoms with Crippen LogP contribution in [0, 0.1) is 13.8 Å². The molecule has 0 saturated carbocycles. The molecule has 12 nitrogen and oxygen atoms in total. The molecule has 0 atom stereocenters. The number of hydrogen-bond donors (Lipinski definition) is 0. The summed E-state index contributed by atoms with van der Waals surface area (Å²) in [6.07, 6.45) is 0. The van der Waals surface area contributed by atoms with E-state index in [4.69, 9.17) is 0 Å². The average molecular weight is 631 g/mol. The number of hydrogen-bond acceptors (Lipinski definition) is 8. The van der Waals surface area contributed by atoms with Crippen molar-refractivity contribution in [1.82, 2.24) is 20.0 Å². The molecule has 0 heterocycles. The molecule has 1 aliphatic rings. The summed E-state index contributed by atoms with van der Waals surface area (Å²) in [7, 11) is 14.9. The normalized spacial score (nSPS) is 13.6. The maximum atomic E-state index is 4.56. The fourth-order valence-electron chi connectivity index (χ4n) is 5.77. The van der Waals surface area contributed by atoms with Gasteiger partial charge in [-0.15, -0.1) is 20.5 Å². The third-order valence-corrected chi connectivity index (χ3v) is 7.70. The van der Waals surface area contributed by atoms with Crippen LogP contribution >= 0.6 is 0 Å². The van der Waals surface area contributed by atoms with Crippen molar-refractivity contribution in [1.29, 1.82) is 0 Å². The molecule has 0 spiro atoms. The second kappa shape index (κ2) is 13.5. The molecule has 0 N–H and O–H groups in total. The number of fused-ring (bicyclic) bond motifs is 3. The van der Waals surface area contributed by atoms with Gasteiger partial charge in [0.1, 0.15) is 0 Å². The first kappa shape index (κ1) is 32.9. The highest BCUT2D eigenvalue weighted by molar-refractivity contribution is 5.88. The molecule has 0 saturated heterocycles. The topological polar surface area (TPSA) is 112 Å². The molecule has 242 valence electrons. The molecular weight excluding hydrogens is 588 g/mol. The molecule has 1 aliphatic carbocycles. The Morgan fingerprint density at radius 1 is 0.426 bits per heavy atom. The summed E-state index contributed by atoms with van der Waals surface area (Å²) in [6, 6.07) is 25.4. The maximum absolute atomic E-state index is 4.56. The molecule has 4 aromatic rings. The third-order valence-electron chi connectivity index (χ3n) is 7.70. The molecular formula is C35H42N12. The lowest BCUT2D eigenvalue weighted by molar-refractivity contribution is 0.408. The van der Waals surface area contributed by atoms with Crippen LogP contribution in [0.2, 0.25) is 0 Å². The van der Waals surface area contributed by atoms with Gasteiger partial charge in [0.2, 0.25) is 0 Å². The molecule has 47 heavy (non-hydrogen) atoms. The van der Waals surface area contributed by atoms with E-state index in [0.717, 1.165) is 67.3 Å². The summed E-state index contributed by atoms with van der Waals surface area (Å²) in [5.41, 5.74) is 10.9. The minimum atomic E-state index is -0.748. The van der Waals surface area contributed by atoms with Crippen molar-refractivity contribution in [3.8, 4) is 11.1 Å². The van der Waals surface area contributed by atoms with Gasteiger partial charge >= 0.3 is 0 Å². The van der Waals surface area contributed by atoms with E-state index in [9.17, 15) is 0 Å². The standard InChI is InChI=1S/C35H42N12/c1-23-19-25(11-17-33(23)38-42-46(7)8)35(26-12-18-34(24(2)20-26)39-43-47(9)10)31-21-27(36-40-44(3)4)13-15-29(31)30-16-14-28(22-32(30)35)37-41-45(5)6/h11-22H,1-10H3/b40-36+,41-37+,42-38+,43-39+. The lowest BCUT2D eigenvalue weighted by Gasteiger charge is -2.34. The average Bonchev–Trinajstić information content (AvgIpc) is 3.31. The number of nitrogens with zero attached hydrogens (tertiary/aromatic N) is 12. The van der Waals surface area contributed by atoms with Crippen LogP contribution in [-0.4, -0.2) is 76.4 Å². The van der Waals surface area contributed by atoms with Gasteiger partial charge in [0.05, 0.1) is 28.2 Å². The molecule has 0 bridgehead atoms. The Hall–Kier alpha value is -5.52. The minimum absolute atomic E-state index is 0.748. The van der Waals surface area contributed by atoms with Gasteiger partial charge < -0.3 is 0 Å². The van der Waals surface area contributed by atoms with Gasteiger partial charge in [-0.1, -0.05) is 57.3 Å². The highest BCUT2D eigenvalue weighted by Crippen LogP contribution is 2.58. The summed E-state index contributed by atoms with van der Waals surface area (Å²) in [5, 5.41) is 42.0. The first-order valence-corrected chi connectivity index (χ1v) is 15.3. The quantitative estimate of drug-likeness (QED) is 0.113. The molecule has 0 aromatic heterocycles. The van der Waals surface area contributed by atoms with Crippen LogP contribution in [0.3, 0.4) is 0 Å². The molecule has 5 rings (SSSR count). The van der Waals surface area contributed by atoms with Crippen molar-refractivity contribution < 1.29 is 0 Å². The smallest absolute Gasteiger partial charge is 0.0903 e. The predicted octanol–water partition coefficient (Wildman–Crippen LogP) is 8.91. The van der Waals surface area contributed by atoms with Crippen LogP contribution in [0.25, 0.3) is 11.1 Å². The van der Waals surface area contributed by atoms with Crippen LogP contribution in [0.15, 0.2) is 114 Å². The molecule has 0 amide bonds. The van der Waals surface area contributed by atoms with E-state index in [0.29, 0.717) is 0 Å². The Labute approximate surface area is 276 Å². The molecule has 0 fully saturated rings. The van der Waals surface area contributed by atoms with E-state index in [2.05, 4.69) is 104 Å². The fraction of sp³-hybridized carbons (Fsp3) is 0.314. The first-order valence-electron chi connectivity index (χ1n) is 15.3. The Bertz CT molecular complexity index is 1750. The van der Waals surface area contributed by atoms with E-state index >= 15 is 0 Å². The van der Waals surface area contributed by atoms with Crippen molar-refractivity contribution >= 4 is 22.7 Å². The predicted molar refractivity (Wildman–Crippen MR) is 186 cm³/mol. The van der Waals surface area contributed by atoms with E-state index in [1.165, 1.54) is 0 Å². The van der Waals surface area contributed by atoms with Crippen LogP contribution in [0.1, 0.15) is 33.4 Å². The largest absolute Gasteiger partial charge is 0.285 e. The van der Waals surface area contributed by atoms with Gasteiger partial charge in [0.25, 0.3) is 0 Å². The minimum Gasteiger partial charge on any atom is -0.285 e. The van der Waals surface area contributed by atoms with Gasteiger partial charge in [-0.25, -0.2) is 0 Å². The van der Waals surface area contributed by atoms with Crippen LogP contribution in [0.5, 0.6) is 0 Å². The molecule has 12 heteroatoms. The van der Waals surface area contributed by atoms with E-state index in [1.54, 1.807) is 20.0 Å². The zero-order chi connectivity index (χ0) is 33.9. The second-order valence-corrected chi connectivity index (χ2v) is 12.4. The zero-order valence-electron chi connectivity index (χ0n) is 28.8. The Morgan fingerprint density at radius 3 is 1.13 bits per heavy atom. The zero-order valence-corrected chi connectivity index (χ0v) is 28.8. The molecule has 0 unspecified atom stereocenters. The Balaban J connectivity index is 1.88. The molecule has 0 aliphatic heterocycles. The number of aryl methyl sites for hydroxylation is 2. The summed E-state index contributed by atoms with van der Waals surface area (Å²) >= 11 is 0. The lowest BCUT2D eigenvalue weighted by Crippen LogP contribution is -2.28. The van der Waals surface area contributed by atoms with Crippen molar-refractivity contribution in [3.05, 3.63) is 106 Å². The van der Waals surface area contributed by atoms with Crippen molar-refractivity contribution in [3.63, 3.8) is 0 Å². The van der Waals surface area contributed by atoms with Gasteiger partial charge in [0.15, 0.2) is 0 Å². The first-order chi connectivity index (χ1) is 22.4. The van der Waals surface area contributed by atoms with E-state index in [1.807, 2.05) is 80.6 Å². The van der Waals surface area contributed by atoms with Gasteiger partial charge in [-0.05, 0) is 94.8 Å². The monoisotopic (exact) mass is 630 g/mol. The molecule has 4 aromatic carbocycles. The van der Waals surface area contributed by atoms with Crippen LogP contribution in [0.4, 0.5) is 22.7 Å². The Morgan fingerprint density at radius 2 is 0.787 bits per heavy atom.